The van der Waals surface area contributed by atoms with E-state index in [2.05, 4.69) is 26.2 Å². The number of rotatable bonds is 4. The van der Waals surface area contributed by atoms with E-state index in [9.17, 15) is 4.39 Å². The van der Waals surface area contributed by atoms with Gasteiger partial charge in [0.1, 0.15) is 23.1 Å². The number of morpholine rings is 1. The lowest BCUT2D eigenvalue weighted by Crippen LogP contribution is -2.39. The SMILES string of the molecule is Cc1ccc(-c2nc(N3CCOC(c4cnn(C5CC5)c4)C3)nc3nc(C)cnc23)c(F)c1. The van der Waals surface area contributed by atoms with Gasteiger partial charge in [-0.3, -0.25) is 4.68 Å². The molecule has 3 aromatic heterocycles. The summed E-state index contributed by atoms with van der Waals surface area (Å²) in [6.07, 6.45) is 7.85. The molecule has 4 heterocycles. The largest absolute Gasteiger partial charge is 0.370 e. The van der Waals surface area contributed by atoms with Crippen LogP contribution < -0.4 is 4.90 Å². The quantitative estimate of drug-likeness (QED) is 0.470. The van der Waals surface area contributed by atoms with Gasteiger partial charge in [-0.2, -0.15) is 10.1 Å². The smallest absolute Gasteiger partial charge is 0.228 e. The molecule has 1 aliphatic heterocycles. The predicted molar refractivity (Wildman–Crippen MR) is 121 cm³/mol. The van der Waals surface area contributed by atoms with Gasteiger partial charge in [0, 0.05) is 30.1 Å². The highest BCUT2D eigenvalue weighted by atomic mass is 19.1. The third kappa shape index (κ3) is 3.82. The standard InChI is InChI=1S/C24H24FN7O/c1-14-3-6-18(19(25)9-14)21-22-23(28-15(2)10-26-22)30-24(29-21)31-7-8-33-20(13-31)16-11-27-32(12-16)17-4-5-17/h3,6,9-12,17,20H,4-5,7-8,13H2,1-2H3. The number of aryl methyl sites for hydroxylation is 2. The lowest BCUT2D eigenvalue weighted by Gasteiger charge is -2.32. The molecule has 1 saturated heterocycles. The minimum Gasteiger partial charge on any atom is -0.370 e. The van der Waals surface area contributed by atoms with Crippen LogP contribution >= 0.6 is 0 Å². The molecule has 168 valence electrons. The summed E-state index contributed by atoms with van der Waals surface area (Å²) in [5.74, 6) is 0.163. The molecule has 0 bridgehead atoms. The number of ether oxygens (including phenoxy) is 1. The Morgan fingerprint density at radius 2 is 1.97 bits per heavy atom. The van der Waals surface area contributed by atoms with Gasteiger partial charge in [-0.25, -0.2) is 19.3 Å². The Labute approximate surface area is 190 Å². The highest BCUT2D eigenvalue weighted by Gasteiger charge is 2.29. The van der Waals surface area contributed by atoms with Crippen molar-refractivity contribution in [2.24, 2.45) is 0 Å². The van der Waals surface area contributed by atoms with Gasteiger partial charge < -0.3 is 9.64 Å². The molecule has 4 aromatic rings. The maximum absolute atomic E-state index is 14.9. The van der Waals surface area contributed by atoms with E-state index in [0.29, 0.717) is 54.1 Å². The normalized spacial score (nSPS) is 18.8. The van der Waals surface area contributed by atoms with Crippen LogP contribution in [-0.4, -0.2) is 49.4 Å². The lowest BCUT2D eigenvalue weighted by atomic mass is 10.1. The second-order valence-corrected chi connectivity index (χ2v) is 8.83. The minimum absolute atomic E-state index is 0.131. The molecule has 1 atom stereocenters. The number of benzene rings is 1. The van der Waals surface area contributed by atoms with Crippen LogP contribution in [0.4, 0.5) is 10.3 Å². The van der Waals surface area contributed by atoms with Crippen LogP contribution in [0.3, 0.4) is 0 Å². The van der Waals surface area contributed by atoms with E-state index in [4.69, 9.17) is 14.7 Å². The molecule has 8 nitrogen and oxygen atoms in total. The van der Waals surface area contributed by atoms with Crippen molar-refractivity contribution >= 4 is 17.1 Å². The molecule has 1 unspecified atom stereocenters. The molecular weight excluding hydrogens is 421 g/mol. The van der Waals surface area contributed by atoms with Crippen molar-refractivity contribution in [2.45, 2.75) is 38.8 Å². The van der Waals surface area contributed by atoms with E-state index >= 15 is 0 Å². The van der Waals surface area contributed by atoms with Gasteiger partial charge in [-0.15, -0.1) is 0 Å². The maximum atomic E-state index is 14.9. The molecule has 0 N–H and O–H groups in total. The van der Waals surface area contributed by atoms with E-state index in [0.717, 1.165) is 16.8 Å². The van der Waals surface area contributed by atoms with Crippen molar-refractivity contribution in [1.29, 1.82) is 0 Å². The Morgan fingerprint density at radius 3 is 2.79 bits per heavy atom. The molecule has 9 heteroatoms. The Morgan fingerprint density at radius 1 is 1.09 bits per heavy atom. The van der Waals surface area contributed by atoms with Gasteiger partial charge in [0.2, 0.25) is 5.95 Å². The van der Waals surface area contributed by atoms with E-state index < -0.39 is 0 Å². The zero-order chi connectivity index (χ0) is 22.5. The first kappa shape index (κ1) is 20.2. The van der Waals surface area contributed by atoms with E-state index in [1.807, 2.05) is 30.8 Å². The average Bonchev–Trinajstić information content (AvgIpc) is 3.54. The summed E-state index contributed by atoms with van der Waals surface area (Å²) in [6.45, 7) is 5.47. The fraction of sp³-hybridized carbons (Fsp3) is 0.375. The molecule has 1 aliphatic carbocycles. The summed E-state index contributed by atoms with van der Waals surface area (Å²) in [5.41, 5.74) is 4.43. The summed E-state index contributed by atoms with van der Waals surface area (Å²) >= 11 is 0. The van der Waals surface area contributed by atoms with Crippen LogP contribution in [0.25, 0.3) is 22.4 Å². The predicted octanol–water partition coefficient (Wildman–Crippen LogP) is 3.95. The summed E-state index contributed by atoms with van der Waals surface area (Å²) in [4.78, 5) is 20.6. The molecule has 1 saturated carbocycles. The summed E-state index contributed by atoms with van der Waals surface area (Å²) in [7, 11) is 0. The number of fused-ring (bicyclic) bond motifs is 1. The van der Waals surface area contributed by atoms with Gasteiger partial charge in [0.05, 0.1) is 31.1 Å². The number of hydrogen-bond donors (Lipinski definition) is 0. The van der Waals surface area contributed by atoms with Crippen LogP contribution in [0, 0.1) is 19.7 Å². The van der Waals surface area contributed by atoms with Crippen LogP contribution in [0.1, 0.15) is 41.8 Å². The summed E-state index contributed by atoms with van der Waals surface area (Å²) in [6, 6.07) is 5.64. The number of anilines is 1. The Balaban J connectivity index is 1.39. The molecule has 2 fully saturated rings. The van der Waals surface area contributed by atoms with E-state index in [1.54, 1.807) is 12.3 Å². The second kappa shape index (κ2) is 7.84. The molecule has 33 heavy (non-hydrogen) atoms. The molecule has 6 rings (SSSR count). The van der Waals surface area contributed by atoms with E-state index in [-0.39, 0.29) is 11.9 Å². The van der Waals surface area contributed by atoms with Crippen LogP contribution in [0.15, 0.2) is 36.8 Å². The van der Waals surface area contributed by atoms with Crippen LogP contribution in [-0.2, 0) is 4.74 Å². The van der Waals surface area contributed by atoms with Gasteiger partial charge in [-0.1, -0.05) is 6.07 Å². The number of halogens is 1. The maximum Gasteiger partial charge on any atom is 0.228 e. The molecular formula is C24H24FN7O. The zero-order valence-electron chi connectivity index (χ0n) is 18.6. The Kier molecular flexibility index (Phi) is 4.79. The zero-order valence-corrected chi connectivity index (χ0v) is 18.6. The van der Waals surface area contributed by atoms with Gasteiger partial charge in [0.25, 0.3) is 0 Å². The van der Waals surface area contributed by atoms with Crippen LogP contribution in [0.2, 0.25) is 0 Å². The van der Waals surface area contributed by atoms with Crippen molar-refractivity contribution in [3.05, 3.63) is 59.4 Å². The monoisotopic (exact) mass is 445 g/mol. The Hall–Kier alpha value is -3.46. The van der Waals surface area contributed by atoms with E-state index in [1.165, 1.54) is 18.9 Å². The lowest BCUT2D eigenvalue weighted by molar-refractivity contribution is 0.0392. The fourth-order valence-electron chi connectivity index (χ4n) is 4.21. The first-order valence-corrected chi connectivity index (χ1v) is 11.2. The van der Waals surface area contributed by atoms with Crippen molar-refractivity contribution in [3.63, 3.8) is 0 Å². The van der Waals surface area contributed by atoms with Crippen LogP contribution in [0.5, 0.6) is 0 Å². The number of aromatic nitrogens is 6. The van der Waals surface area contributed by atoms with Gasteiger partial charge in [0.15, 0.2) is 5.65 Å². The highest BCUT2D eigenvalue weighted by molar-refractivity contribution is 5.88. The minimum atomic E-state index is -0.337. The first-order valence-electron chi connectivity index (χ1n) is 11.2. The molecule has 2 aliphatic rings. The number of nitrogens with zero attached hydrogens (tertiary/aromatic N) is 7. The summed E-state index contributed by atoms with van der Waals surface area (Å²) < 4.78 is 23.0. The Bertz CT molecular complexity index is 1350. The third-order valence-electron chi connectivity index (χ3n) is 6.16. The van der Waals surface area contributed by atoms with Gasteiger partial charge in [-0.05, 0) is 44.4 Å². The van der Waals surface area contributed by atoms with Crippen molar-refractivity contribution in [2.75, 3.05) is 24.6 Å². The van der Waals surface area contributed by atoms with Crippen molar-refractivity contribution in [1.82, 2.24) is 29.7 Å². The molecule has 0 radical (unpaired) electrons. The molecule has 1 aromatic carbocycles. The van der Waals surface area contributed by atoms with Crippen molar-refractivity contribution in [3.8, 4) is 11.3 Å². The topological polar surface area (TPSA) is 81.9 Å². The summed E-state index contributed by atoms with van der Waals surface area (Å²) in [5, 5.41) is 4.50. The average molecular weight is 446 g/mol. The number of hydrogen-bond acceptors (Lipinski definition) is 7. The second-order valence-electron chi connectivity index (χ2n) is 8.83. The molecule has 0 spiro atoms. The fourth-order valence-corrected chi connectivity index (χ4v) is 4.21. The molecule has 0 amide bonds. The van der Waals surface area contributed by atoms with Gasteiger partial charge >= 0.3 is 0 Å². The third-order valence-corrected chi connectivity index (χ3v) is 6.16. The first-order chi connectivity index (χ1) is 16.0. The highest BCUT2D eigenvalue weighted by Crippen LogP contribution is 2.35. The van der Waals surface area contributed by atoms with Crippen molar-refractivity contribution < 1.29 is 9.13 Å².